The van der Waals surface area contributed by atoms with Crippen molar-refractivity contribution in [2.24, 2.45) is 5.92 Å². The van der Waals surface area contributed by atoms with Crippen LogP contribution in [0.2, 0.25) is 0 Å². The molecule has 1 saturated heterocycles. The molecule has 1 aromatic rings. The lowest BCUT2D eigenvalue weighted by atomic mass is 10.0. The number of rotatable bonds is 4. The first kappa shape index (κ1) is 15.3. The summed E-state index contributed by atoms with van der Waals surface area (Å²) in [6, 6.07) is 7.80. The summed E-state index contributed by atoms with van der Waals surface area (Å²) in [5.41, 5.74) is 0.138. The zero-order valence-corrected chi connectivity index (χ0v) is 13.3. The molecule has 2 aliphatic rings. The summed E-state index contributed by atoms with van der Waals surface area (Å²) < 4.78 is 5.79. The number of hydrogen-bond acceptors (Lipinski definition) is 3. The van der Waals surface area contributed by atoms with Gasteiger partial charge in [-0.3, -0.25) is 4.79 Å². The van der Waals surface area contributed by atoms with Crippen LogP contribution in [0.15, 0.2) is 24.3 Å². The Morgan fingerprint density at radius 2 is 2.09 bits per heavy atom. The number of ether oxygens (including phenoxy) is 1. The molecule has 0 radical (unpaired) electrons. The van der Waals surface area contributed by atoms with E-state index in [-0.39, 0.29) is 18.4 Å². The van der Waals surface area contributed by atoms with E-state index in [0.29, 0.717) is 19.5 Å². The SMILES string of the molecule is Cc1ccccc1OC[C@@]1(O)CCN(C(=O)C2CCCC2)C1. The molecule has 1 saturated carbocycles. The quantitative estimate of drug-likeness (QED) is 0.930. The van der Waals surface area contributed by atoms with Gasteiger partial charge in [0.05, 0.1) is 6.54 Å². The summed E-state index contributed by atoms with van der Waals surface area (Å²) in [7, 11) is 0. The number of likely N-dealkylation sites (tertiary alicyclic amines) is 1. The minimum Gasteiger partial charge on any atom is -0.490 e. The Hall–Kier alpha value is -1.55. The van der Waals surface area contributed by atoms with E-state index in [1.165, 1.54) is 0 Å². The predicted molar refractivity (Wildman–Crippen MR) is 84.8 cm³/mol. The van der Waals surface area contributed by atoms with Gasteiger partial charge in [0.2, 0.25) is 5.91 Å². The van der Waals surface area contributed by atoms with Gasteiger partial charge < -0.3 is 14.7 Å². The van der Waals surface area contributed by atoms with Crippen LogP contribution in [0.1, 0.15) is 37.7 Å². The zero-order valence-electron chi connectivity index (χ0n) is 13.3. The number of aryl methyl sites for hydroxylation is 1. The number of benzene rings is 1. The number of carbonyl (C=O) groups excluding carboxylic acids is 1. The van der Waals surface area contributed by atoms with Crippen LogP contribution in [0.25, 0.3) is 0 Å². The largest absolute Gasteiger partial charge is 0.490 e. The molecule has 0 unspecified atom stereocenters. The van der Waals surface area contributed by atoms with Crippen molar-refractivity contribution in [1.29, 1.82) is 0 Å². The molecule has 1 aliphatic heterocycles. The third kappa shape index (κ3) is 3.27. The van der Waals surface area contributed by atoms with Crippen molar-refractivity contribution >= 4 is 5.91 Å². The lowest BCUT2D eigenvalue weighted by Gasteiger charge is -2.25. The van der Waals surface area contributed by atoms with Crippen LogP contribution in [-0.4, -0.2) is 41.2 Å². The van der Waals surface area contributed by atoms with E-state index in [1.807, 2.05) is 36.1 Å². The van der Waals surface area contributed by atoms with Crippen LogP contribution in [0, 0.1) is 12.8 Å². The standard InChI is InChI=1S/C18H25NO3/c1-14-6-2-5-9-16(14)22-13-18(21)10-11-19(12-18)17(20)15-7-3-4-8-15/h2,5-6,9,15,21H,3-4,7-8,10-13H2,1H3/t18-/m1/s1. The smallest absolute Gasteiger partial charge is 0.225 e. The first-order chi connectivity index (χ1) is 10.6. The lowest BCUT2D eigenvalue weighted by molar-refractivity contribution is -0.135. The Morgan fingerprint density at radius 1 is 1.36 bits per heavy atom. The van der Waals surface area contributed by atoms with Crippen molar-refractivity contribution in [2.75, 3.05) is 19.7 Å². The van der Waals surface area contributed by atoms with Crippen molar-refractivity contribution in [3.8, 4) is 5.75 Å². The highest BCUT2D eigenvalue weighted by Crippen LogP contribution is 2.30. The van der Waals surface area contributed by atoms with Gasteiger partial charge in [-0.2, -0.15) is 0 Å². The fourth-order valence-corrected chi connectivity index (χ4v) is 3.52. The summed E-state index contributed by atoms with van der Waals surface area (Å²) >= 11 is 0. The van der Waals surface area contributed by atoms with Crippen molar-refractivity contribution in [3.05, 3.63) is 29.8 Å². The molecule has 3 rings (SSSR count). The average molecular weight is 303 g/mol. The number of para-hydroxylation sites is 1. The number of nitrogens with zero attached hydrogens (tertiary/aromatic N) is 1. The van der Waals surface area contributed by atoms with Crippen molar-refractivity contribution in [2.45, 2.75) is 44.6 Å². The van der Waals surface area contributed by atoms with Crippen LogP contribution in [0.4, 0.5) is 0 Å². The first-order valence-corrected chi connectivity index (χ1v) is 8.27. The maximum atomic E-state index is 12.4. The lowest BCUT2D eigenvalue weighted by Crippen LogP contribution is -2.42. The van der Waals surface area contributed by atoms with Crippen molar-refractivity contribution in [3.63, 3.8) is 0 Å². The molecule has 4 heteroatoms. The molecule has 1 N–H and O–H groups in total. The van der Waals surface area contributed by atoms with Gasteiger partial charge in [-0.25, -0.2) is 0 Å². The van der Waals surface area contributed by atoms with Gasteiger partial charge in [0.25, 0.3) is 0 Å². The van der Waals surface area contributed by atoms with E-state index in [1.54, 1.807) is 0 Å². The van der Waals surface area contributed by atoms with Crippen LogP contribution < -0.4 is 4.74 Å². The van der Waals surface area contributed by atoms with E-state index in [4.69, 9.17) is 4.74 Å². The minimum atomic E-state index is -0.920. The van der Waals surface area contributed by atoms with Crippen LogP contribution in [-0.2, 0) is 4.79 Å². The van der Waals surface area contributed by atoms with Gasteiger partial charge in [0.1, 0.15) is 18.0 Å². The molecular weight excluding hydrogens is 278 g/mol. The number of amides is 1. The molecule has 1 atom stereocenters. The fourth-order valence-electron chi connectivity index (χ4n) is 3.52. The Morgan fingerprint density at radius 3 is 2.82 bits per heavy atom. The number of aliphatic hydroxyl groups is 1. The molecule has 22 heavy (non-hydrogen) atoms. The molecule has 0 aromatic heterocycles. The number of β-amino-alcohol motifs (C(OH)–C–C–N with tert-alkyl or cyclic N) is 1. The molecule has 1 amide bonds. The monoisotopic (exact) mass is 303 g/mol. The third-order valence-corrected chi connectivity index (χ3v) is 4.94. The van der Waals surface area contributed by atoms with E-state index >= 15 is 0 Å². The molecule has 1 aromatic carbocycles. The topological polar surface area (TPSA) is 49.8 Å². The Balaban J connectivity index is 1.56. The van der Waals surface area contributed by atoms with E-state index < -0.39 is 5.60 Å². The second-order valence-corrected chi connectivity index (χ2v) is 6.77. The predicted octanol–water partition coefficient (Wildman–Crippen LogP) is 2.53. The maximum Gasteiger partial charge on any atom is 0.225 e. The first-order valence-electron chi connectivity index (χ1n) is 8.27. The van der Waals surface area contributed by atoms with Gasteiger partial charge in [-0.15, -0.1) is 0 Å². The van der Waals surface area contributed by atoms with Crippen LogP contribution in [0.3, 0.4) is 0 Å². The highest BCUT2D eigenvalue weighted by Gasteiger charge is 2.41. The van der Waals surface area contributed by atoms with E-state index in [2.05, 4.69) is 0 Å². The van der Waals surface area contributed by atoms with Crippen molar-refractivity contribution in [1.82, 2.24) is 4.90 Å². The molecule has 0 spiro atoms. The van der Waals surface area contributed by atoms with Gasteiger partial charge in [0, 0.05) is 12.5 Å². The van der Waals surface area contributed by atoms with Crippen LogP contribution in [0.5, 0.6) is 5.75 Å². The van der Waals surface area contributed by atoms with Gasteiger partial charge in [0.15, 0.2) is 0 Å². The summed E-state index contributed by atoms with van der Waals surface area (Å²) in [4.78, 5) is 14.3. The fraction of sp³-hybridized carbons (Fsp3) is 0.611. The van der Waals surface area contributed by atoms with Gasteiger partial charge >= 0.3 is 0 Å². The van der Waals surface area contributed by atoms with Crippen molar-refractivity contribution < 1.29 is 14.6 Å². The maximum absolute atomic E-state index is 12.4. The summed E-state index contributed by atoms with van der Waals surface area (Å²) in [6.45, 7) is 3.27. The van der Waals surface area contributed by atoms with Gasteiger partial charge in [-0.1, -0.05) is 31.0 Å². The Kier molecular flexibility index (Phi) is 4.39. The summed E-state index contributed by atoms with van der Waals surface area (Å²) in [6.07, 6.45) is 4.92. The van der Waals surface area contributed by atoms with Crippen LogP contribution >= 0.6 is 0 Å². The number of hydrogen-bond donors (Lipinski definition) is 1. The second-order valence-electron chi connectivity index (χ2n) is 6.77. The summed E-state index contributed by atoms with van der Waals surface area (Å²) in [5.74, 6) is 1.21. The van der Waals surface area contributed by atoms with E-state index in [9.17, 15) is 9.90 Å². The molecule has 0 bridgehead atoms. The molecule has 120 valence electrons. The molecule has 4 nitrogen and oxygen atoms in total. The Labute approximate surface area is 132 Å². The summed E-state index contributed by atoms with van der Waals surface area (Å²) in [5, 5.41) is 10.7. The number of carbonyl (C=O) groups is 1. The molecule has 1 heterocycles. The highest BCUT2D eigenvalue weighted by molar-refractivity contribution is 5.79. The molecule has 1 aliphatic carbocycles. The average Bonchev–Trinajstić information content (AvgIpc) is 3.16. The normalized spacial score (nSPS) is 25.6. The third-order valence-electron chi connectivity index (χ3n) is 4.94. The molecule has 2 fully saturated rings. The zero-order chi connectivity index (χ0) is 15.6. The molecular formula is C18H25NO3. The second kappa shape index (κ2) is 6.29. The highest BCUT2D eigenvalue weighted by atomic mass is 16.5. The van der Waals surface area contributed by atoms with E-state index in [0.717, 1.165) is 37.0 Å². The van der Waals surface area contributed by atoms with Gasteiger partial charge in [-0.05, 0) is 37.8 Å². The Bertz CT molecular complexity index is 539. The minimum absolute atomic E-state index is 0.180.